The van der Waals surface area contributed by atoms with Crippen molar-refractivity contribution in [2.45, 2.75) is 25.9 Å². The second-order valence-electron chi connectivity index (χ2n) is 6.45. The Morgan fingerprint density at radius 3 is 2.11 bits per heavy atom. The van der Waals surface area contributed by atoms with E-state index >= 15 is 0 Å². The van der Waals surface area contributed by atoms with Gasteiger partial charge in [0.05, 0.1) is 11.3 Å². The molecule has 7 nitrogen and oxygen atoms in total. The van der Waals surface area contributed by atoms with Crippen LogP contribution >= 0.6 is 0 Å². The predicted octanol–water partition coefficient (Wildman–Crippen LogP) is 2.55. The van der Waals surface area contributed by atoms with E-state index in [0.717, 1.165) is 4.90 Å². The van der Waals surface area contributed by atoms with E-state index in [1.165, 1.54) is 36.1 Å². The molecule has 3 rings (SSSR count). The number of imide groups is 1. The molecule has 0 bridgehead atoms. The molecule has 0 radical (unpaired) electrons. The number of likely N-dealkylation sites (N-methyl/N-ethyl adjacent to an activating group) is 1. The van der Waals surface area contributed by atoms with Gasteiger partial charge in [0.15, 0.2) is 6.10 Å². The van der Waals surface area contributed by atoms with Crippen LogP contribution < -0.4 is 9.80 Å². The zero-order valence-electron chi connectivity index (χ0n) is 15.6. The highest BCUT2D eigenvalue weighted by molar-refractivity contribution is 6.19. The van der Waals surface area contributed by atoms with Crippen molar-refractivity contribution in [1.82, 2.24) is 0 Å². The first-order valence-electron chi connectivity index (χ1n) is 8.88. The average Bonchev–Trinajstić information content (AvgIpc) is 3.05. The van der Waals surface area contributed by atoms with E-state index in [9.17, 15) is 19.2 Å². The molecule has 28 heavy (non-hydrogen) atoms. The van der Waals surface area contributed by atoms with Gasteiger partial charge in [0.1, 0.15) is 0 Å². The van der Waals surface area contributed by atoms with Crippen molar-refractivity contribution in [1.29, 1.82) is 0 Å². The van der Waals surface area contributed by atoms with Gasteiger partial charge in [-0.3, -0.25) is 19.3 Å². The number of ether oxygens (including phenoxy) is 1. The van der Waals surface area contributed by atoms with Crippen LogP contribution in [0.4, 0.5) is 11.4 Å². The fraction of sp³-hybridized carbons (Fsp3) is 0.238. The Hall–Kier alpha value is -3.48. The van der Waals surface area contributed by atoms with Gasteiger partial charge in [-0.15, -0.1) is 0 Å². The van der Waals surface area contributed by atoms with Crippen molar-refractivity contribution in [3.05, 3.63) is 60.2 Å². The summed E-state index contributed by atoms with van der Waals surface area (Å²) >= 11 is 0. The Kier molecular flexibility index (Phi) is 5.54. The van der Waals surface area contributed by atoms with Crippen LogP contribution in [0, 0.1) is 0 Å². The summed E-state index contributed by atoms with van der Waals surface area (Å²) in [6.45, 7) is 1.51. The molecule has 1 heterocycles. The van der Waals surface area contributed by atoms with Crippen LogP contribution in [0.1, 0.15) is 30.1 Å². The molecule has 0 unspecified atom stereocenters. The number of hydrogen-bond acceptors (Lipinski definition) is 5. The predicted molar refractivity (Wildman–Crippen MR) is 103 cm³/mol. The average molecular weight is 380 g/mol. The molecule has 2 aromatic rings. The number of carbonyl (C=O) groups excluding carboxylic acids is 4. The van der Waals surface area contributed by atoms with Gasteiger partial charge in [-0.05, 0) is 43.3 Å². The second kappa shape index (κ2) is 8.04. The molecular weight excluding hydrogens is 360 g/mol. The van der Waals surface area contributed by atoms with Crippen LogP contribution in [-0.4, -0.2) is 36.8 Å². The Labute approximate surface area is 162 Å². The number of rotatable bonds is 5. The molecule has 0 saturated carbocycles. The summed E-state index contributed by atoms with van der Waals surface area (Å²) in [7, 11) is 1.61. The lowest BCUT2D eigenvalue weighted by Crippen LogP contribution is -2.37. The molecular formula is C21H20N2O5. The minimum atomic E-state index is -0.973. The van der Waals surface area contributed by atoms with Crippen LogP contribution in [0.5, 0.6) is 0 Å². The SMILES string of the molecule is C[C@H](OC(=O)c1ccc(N2C(=O)CCC2=O)cc1)C(=O)N(C)c1ccccc1. The number of amides is 3. The highest BCUT2D eigenvalue weighted by Gasteiger charge is 2.30. The van der Waals surface area contributed by atoms with Crippen molar-refractivity contribution in [3.63, 3.8) is 0 Å². The topological polar surface area (TPSA) is 84.0 Å². The molecule has 3 amide bonds. The quantitative estimate of drug-likeness (QED) is 0.588. The second-order valence-corrected chi connectivity index (χ2v) is 6.45. The molecule has 0 aromatic heterocycles. The molecule has 0 N–H and O–H groups in total. The van der Waals surface area contributed by atoms with Gasteiger partial charge in [0.25, 0.3) is 5.91 Å². The molecule has 0 aliphatic carbocycles. The molecule has 1 aliphatic heterocycles. The first-order valence-corrected chi connectivity index (χ1v) is 8.88. The van der Waals surface area contributed by atoms with E-state index in [2.05, 4.69) is 0 Å². The summed E-state index contributed by atoms with van der Waals surface area (Å²) in [4.78, 5) is 50.9. The molecule has 1 fully saturated rings. The van der Waals surface area contributed by atoms with Crippen molar-refractivity contribution in [3.8, 4) is 0 Å². The van der Waals surface area contributed by atoms with Gasteiger partial charge in [-0.2, -0.15) is 0 Å². The van der Waals surface area contributed by atoms with Crippen LogP contribution in [0.25, 0.3) is 0 Å². The van der Waals surface area contributed by atoms with Crippen molar-refractivity contribution in [2.24, 2.45) is 0 Å². The zero-order valence-corrected chi connectivity index (χ0v) is 15.6. The van der Waals surface area contributed by atoms with Gasteiger partial charge < -0.3 is 9.64 Å². The number of para-hydroxylation sites is 1. The summed E-state index contributed by atoms with van der Waals surface area (Å²) < 4.78 is 5.27. The fourth-order valence-corrected chi connectivity index (χ4v) is 2.94. The summed E-state index contributed by atoms with van der Waals surface area (Å²) in [5.74, 6) is -1.54. The largest absolute Gasteiger partial charge is 0.449 e. The minimum absolute atomic E-state index is 0.192. The minimum Gasteiger partial charge on any atom is -0.449 e. The summed E-state index contributed by atoms with van der Waals surface area (Å²) in [6.07, 6.45) is -0.590. The van der Waals surface area contributed by atoms with Gasteiger partial charge in [-0.25, -0.2) is 4.79 Å². The monoisotopic (exact) mass is 380 g/mol. The summed E-state index contributed by atoms with van der Waals surface area (Å²) in [6, 6.07) is 15.0. The van der Waals surface area contributed by atoms with E-state index in [4.69, 9.17) is 4.74 Å². The molecule has 144 valence electrons. The molecule has 0 spiro atoms. The Bertz CT molecular complexity index is 892. The van der Waals surface area contributed by atoms with Crippen LogP contribution in [0.2, 0.25) is 0 Å². The van der Waals surface area contributed by atoms with Gasteiger partial charge in [0.2, 0.25) is 11.8 Å². The number of hydrogen-bond donors (Lipinski definition) is 0. The molecule has 1 aliphatic rings. The normalized spacial score (nSPS) is 14.7. The molecule has 7 heteroatoms. The number of benzene rings is 2. The third-order valence-corrected chi connectivity index (χ3v) is 4.52. The van der Waals surface area contributed by atoms with E-state index in [1.54, 1.807) is 19.2 Å². The maximum atomic E-state index is 12.5. The van der Waals surface area contributed by atoms with E-state index < -0.39 is 12.1 Å². The number of esters is 1. The molecule has 1 atom stereocenters. The van der Waals surface area contributed by atoms with Gasteiger partial charge in [0, 0.05) is 25.6 Å². The van der Waals surface area contributed by atoms with Crippen molar-refractivity contribution >= 4 is 35.1 Å². The Morgan fingerprint density at radius 1 is 0.964 bits per heavy atom. The maximum absolute atomic E-state index is 12.5. The highest BCUT2D eigenvalue weighted by atomic mass is 16.5. The van der Waals surface area contributed by atoms with Gasteiger partial charge in [-0.1, -0.05) is 18.2 Å². The molecule has 1 saturated heterocycles. The number of carbonyl (C=O) groups is 4. The van der Waals surface area contributed by atoms with Crippen LogP contribution in [0.15, 0.2) is 54.6 Å². The first-order chi connectivity index (χ1) is 13.4. The lowest BCUT2D eigenvalue weighted by atomic mass is 10.2. The highest BCUT2D eigenvalue weighted by Crippen LogP contribution is 2.23. The molecule has 2 aromatic carbocycles. The standard InChI is InChI=1S/C21H20N2O5/c1-14(20(26)22(2)16-6-4-3-5-7-16)28-21(27)15-8-10-17(11-9-15)23-18(24)12-13-19(23)25/h3-11,14H,12-13H2,1-2H3/t14-/m0/s1. The van der Waals surface area contributed by atoms with Gasteiger partial charge >= 0.3 is 5.97 Å². The third kappa shape index (κ3) is 3.93. The van der Waals surface area contributed by atoms with Crippen molar-refractivity contribution in [2.75, 3.05) is 16.8 Å². The number of anilines is 2. The lowest BCUT2D eigenvalue weighted by Gasteiger charge is -2.21. The maximum Gasteiger partial charge on any atom is 0.338 e. The van der Waals surface area contributed by atoms with E-state index in [-0.39, 0.29) is 36.1 Å². The Morgan fingerprint density at radius 2 is 1.54 bits per heavy atom. The van der Waals surface area contributed by atoms with Crippen LogP contribution in [-0.2, 0) is 19.1 Å². The smallest absolute Gasteiger partial charge is 0.338 e. The summed E-state index contributed by atoms with van der Waals surface area (Å²) in [5, 5.41) is 0. The number of nitrogens with zero attached hydrogens (tertiary/aromatic N) is 2. The lowest BCUT2D eigenvalue weighted by molar-refractivity contribution is -0.126. The summed E-state index contributed by atoms with van der Waals surface area (Å²) in [5.41, 5.74) is 1.33. The Balaban J connectivity index is 1.65. The van der Waals surface area contributed by atoms with E-state index in [1.807, 2.05) is 18.2 Å². The van der Waals surface area contributed by atoms with E-state index in [0.29, 0.717) is 11.4 Å². The van der Waals surface area contributed by atoms with Crippen molar-refractivity contribution < 1.29 is 23.9 Å². The fourth-order valence-electron chi connectivity index (χ4n) is 2.94. The first kappa shape index (κ1) is 19.3. The van der Waals surface area contributed by atoms with Crippen LogP contribution in [0.3, 0.4) is 0 Å². The zero-order chi connectivity index (χ0) is 20.3. The third-order valence-electron chi connectivity index (χ3n) is 4.52.